The fourth-order valence-corrected chi connectivity index (χ4v) is 2.95. The molecule has 0 spiro atoms. The third-order valence-corrected chi connectivity index (χ3v) is 4.66. The molecule has 0 aromatic heterocycles. The van der Waals surface area contributed by atoms with Crippen LogP contribution in [0.3, 0.4) is 0 Å². The average Bonchev–Trinajstić information content (AvgIpc) is 2.65. The molecular weight excluding hydrogens is 312 g/mol. The third-order valence-electron chi connectivity index (χ3n) is 4.66. The van der Waals surface area contributed by atoms with Gasteiger partial charge >= 0.3 is 0 Å². The minimum atomic E-state index is -0.694. The third kappa shape index (κ3) is 5.96. The molecule has 2 unspecified atom stereocenters. The number of ether oxygens (including phenoxy) is 3. The maximum atomic E-state index is 6.19. The molecule has 0 aliphatic heterocycles. The summed E-state index contributed by atoms with van der Waals surface area (Å²) in [7, 11) is 1.71. The molecule has 0 amide bonds. The average molecular weight is 342 g/mol. The van der Waals surface area contributed by atoms with Crippen LogP contribution in [0.25, 0.3) is 0 Å². The van der Waals surface area contributed by atoms with Crippen molar-refractivity contribution in [2.24, 2.45) is 11.8 Å². The molecule has 3 nitrogen and oxygen atoms in total. The largest absolute Gasteiger partial charge is 0.376 e. The summed E-state index contributed by atoms with van der Waals surface area (Å²) in [6.45, 7) is 8.08. The van der Waals surface area contributed by atoms with Crippen molar-refractivity contribution in [3.05, 3.63) is 71.8 Å². The molecule has 0 radical (unpaired) electrons. The van der Waals surface area contributed by atoms with Crippen LogP contribution in [0.1, 0.15) is 31.9 Å². The van der Waals surface area contributed by atoms with E-state index in [1.165, 1.54) is 5.56 Å². The van der Waals surface area contributed by atoms with Gasteiger partial charge in [-0.25, -0.2) is 0 Å². The van der Waals surface area contributed by atoms with Crippen LogP contribution in [0.4, 0.5) is 0 Å². The molecule has 0 saturated carbocycles. The first-order chi connectivity index (χ1) is 12.0. The molecule has 2 rings (SSSR count). The first kappa shape index (κ1) is 19.6. The Hall–Kier alpha value is -1.68. The van der Waals surface area contributed by atoms with Gasteiger partial charge in [-0.05, 0) is 24.0 Å². The van der Waals surface area contributed by atoms with Crippen LogP contribution >= 0.6 is 0 Å². The van der Waals surface area contributed by atoms with E-state index in [1.807, 2.05) is 43.3 Å². The zero-order valence-corrected chi connectivity index (χ0v) is 15.8. The van der Waals surface area contributed by atoms with Crippen molar-refractivity contribution in [2.45, 2.75) is 39.8 Å². The van der Waals surface area contributed by atoms with E-state index in [0.717, 1.165) is 5.56 Å². The second kappa shape index (κ2) is 9.71. The Labute approximate surface area is 151 Å². The summed E-state index contributed by atoms with van der Waals surface area (Å²) < 4.78 is 18.0. The standard InChI is InChI=1S/C22H30O3/c1-18(2)21(17-24-15-19-11-7-5-8-12-19)22(3,23-4)25-16-20-13-9-6-10-14-20/h5-14,18,21H,15-17H2,1-4H3. The van der Waals surface area contributed by atoms with Gasteiger partial charge in [0.15, 0.2) is 5.79 Å². The molecule has 0 aliphatic carbocycles. The number of hydrogen-bond donors (Lipinski definition) is 0. The Bertz CT molecular complexity index is 597. The van der Waals surface area contributed by atoms with Gasteiger partial charge in [-0.1, -0.05) is 74.5 Å². The van der Waals surface area contributed by atoms with E-state index in [-0.39, 0.29) is 5.92 Å². The van der Waals surface area contributed by atoms with Crippen molar-refractivity contribution < 1.29 is 14.2 Å². The number of methoxy groups -OCH3 is 1. The summed E-state index contributed by atoms with van der Waals surface area (Å²) in [5.74, 6) is -0.192. The Morgan fingerprint density at radius 3 is 1.84 bits per heavy atom. The monoisotopic (exact) mass is 342 g/mol. The summed E-state index contributed by atoms with van der Waals surface area (Å²) in [5, 5.41) is 0. The second-order valence-corrected chi connectivity index (χ2v) is 6.85. The van der Waals surface area contributed by atoms with Gasteiger partial charge in [-0.15, -0.1) is 0 Å². The van der Waals surface area contributed by atoms with Crippen molar-refractivity contribution in [3.63, 3.8) is 0 Å². The molecule has 0 heterocycles. The van der Waals surface area contributed by atoms with E-state index in [2.05, 4.69) is 38.1 Å². The minimum Gasteiger partial charge on any atom is -0.376 e. The topological polar surface area (TPSA) is 27.7 Å². The van der Waals surface area contributed by atoms with E-state index < -0.39 is 5.79 Å². The summed E-state index contributed by atoms with van der Waals surface area (Å²) in [6, 6.07) is 20.4. The Morgan fingerprint density at radius 2 is 1.36 bits per heavy atom. The van der Waals surface area contributed by atoms with Crippen molar-refractivity contribution >= 4 is 0 Å². The molecule has 0 saturated heterocycles. The summed E-state index contributed by atoms with van der Waals surface area (Å²) in [6.07, 6.45) is 0. The highest BCUT2D eigenvalue weighted by molar-refractivity contribution is 5.14. The number of hydrogen-bond acceptors (Lipinski definition) is 3. The van der Waals surface area contributed by atoms with Crippen molar-refractivity contribution in [1.29, 1.82) is 0 Å². The van der Waals surface area contributed by atoms with Crippen LogP contribution in [-0.4, -0.2) is 19.5 Å². The Balaban J connectivity index is 1.96. The number of rotatable bonds is 10. The molecule has 3 heteroatoms. The molecule has 0 N–H and O–H groups in total. The predicted octanol–water partition coefficient (Wildman–Crippen LogP) is 5.05. The van der Waals surface area contributed by atoms with Gasteiger partial charge in [0.1, 0.15) is 0 Å². The highest BCUT2D eigenvalue weighted by Gasteiger charge is 2.37. The summed E-state index contributed by atoms with van der Waals surface area (Å²) in [4.78, 5) is 0. The molecule has 0 aliphatic rings. The Morgan fingerprint density at radius 1 is 0.840 bits per heavy atom. The van der Waals surface area contributed by atoms with E-state index >= 15 is 0 Å². The highest BCUT2D eigenvalue weighted by atomic mass is 16.7. The summed E-state index contributed by atoms with van der Waals surface area (Å²) in [5.41, 5.74) is 2.31. The first-order valence-electron chi connectivity index (χ1n) is 8.90. The molecule has 2 aromatic rings. The molecular formula is C22H30O3. The molecule has 0 bridgehead atoms. The molecule has 2 aromatic carbocycles. The fourth-order valence-electron chi connectivity index (χ4n) is 2.95. The van der Waals surface area contributed by atoms with Gasteiger partial charge in [-0.3, -0.25) is 0 Å². The lowest BCUT2D eigenvalue weighted by molar-refractivity contribution is -0.264. The zero-order chi connectivity index (χ0) is 18.1. The van der Waals surface area contributed by atoms with E-state index in [9.17, 15) is 0 Å². The van der Waals surface area contributed by atoms with Crippen LogP contribution in [0.5, 0.6) is 0 Å². The van der Waals surface area contributed by atoms with Crippen LogP contribution < -0.4 is 0 Å². The molecule has 25 heavy (non-hydrogen) atoms. The minimum absolute atomic E-state index is 0.130. The van der Waals surface area contributed by atoms with Gasteiger partial charge in [-0.2, -0.15) is 0 Å². The van der Waals surface area contributed by atoms with Crippen molar-refractivity contribution in [1.82, 2.24) is 0 Å². The van der Waals surface area contributed by atoms with E-state index in [0.29, 0.717) is 25.7 Å². The molecule has 2 atom stereocenters. The lowest BCUT2D eigenvalue weighted by Crippen LogP contribution is -2.44. The van der Waals surface area contributed by atoms with Gasteiger partial charge in [0.2, 0.25) is 0 Å². The summed E-state index contributed by atoms with van der Waals surface area (Å²) >= 11 is 0. The maximum Gasteiger partial charge on any atom is 0.170 e. The first-order valence-corrected chi connectivity index (χ1v) is 8.90. The zero-order valence-electron chi connectivity index (χ0n) is 15.8. The van der Waals surface area contributed by atoms with Crippen molar-refractivity contribution in [2.75, 3.05) is 13.7 Å². The number of benzene rings is 2. The maximum absolute atomic E-state index is 6.19. The van der Waals surface area contributed by atoms with Crippen LogP contribution in [0, 0.1) is 11.8 Å². The normalized spacial score (nSPS) is 15.1. The molecule has 0 fully saturated rings. The van der Waals surface area contributed by atoms with Crippen molar-refractivity contribution in [3.8, 4) is 0 Å². The highest BCUT2D eigenvalue weighted by Crippen LogP contribution is 2.31. The Kier molecular flexibility index (Phi) is 7.63. The van der Waals surface area contributed by atoms with Crippen LogP contribution in [-0.2, 0) is 27.4 Å². The van der Waals surface area contributed by atoms with Crippen LogP contribution in [0.2, 0.25) is 0 Å². The smallest absolute Gasteiger partial charge is 0.170 e. The van der Waals surface area contributed by atoms with Gasteiger partial charge < -0.3 is 14.2 Å². The fraction of sp³-hybridized carbons (Fsp3) is 0.455. The SMILES string of the molecule is COC(C)(OCc1ccccc1)C(COCc1ccccc1)C(C)C. The van der Waals surface area contributed by atoms with Gasteiger partial charge in [0.25, 0.3) is 0 Å². The second-order valence-electron chi connectivity index (χ2n) is 6.85. The lowest BCUT2D eigenvalue weighted by Gasteiger charge is -2.38. The van der Waals surface area contributed by atoms with E-state index in [4.69, 9.17) is 14.2 Å². The quantitative estimate of drug-likeness (QED) is 0.565. The van der Waals surface area contributed by atoms with Gasteiger partial charge in [0.05, 0.1) is 19.8 Å². The predicted molar refractivity (Wildman–Crippen MR) is 101 cm³/mol. The molecule has 136 valence electrons. The van der Waals surface area contributed by atoms with E-state index in [1.54, 1.807) is 7.11 Å². The van der Waals surface area contributed by atoms with Crippen LogP contribution in [0.15, 0.2) is 60.7 Å². The van der Waals surface area contributed by atoms with Gasteiger partial charge in [0, 0.05) is 13.0 Å². The lowest BCUT2D eigenvalue weighted by atomic mass is 9.88.